The molecule has 1 saturated heterocycles. The number of benzene rings is 1. The van der Waals surface area contributed by atoms with Gasteiger partial charge in [0.15, 0.2) is 0 Å². The van der Waals surface area contributed by atoms with E-state index in [0.717, 1.165) is 38.2 Å². The van der Waals surface area contributed by atoms with E-state index in [0.29, 0.717) is 16.7 Å². The summed E-state index contributed by atoms with van der Waals surface area (Å²) in [5.41, 5.74) is 0.962. The van der Waals surface area contributed by atoms with Gasteiger partial charge in [-0.1, -0.05) is 31.9 Å². The molecule has 1 unspecified atom stereocenters. The Bertz CT molecular complexity index is 419. The number of halogens is 1. The van der Waals surface area contributed by atoms with Crippen LogP contribution in [-0.2, 0) is 0 Å². The Labute approximate surface area is 120 Å². The summed E-state index contributed by atoms with van der Waals surface area (Å²) < 4.78 is 0. The van der Waals surface area contributed by atoms with Crippen LogP contribution in [0.15, 0.2) is 18.2 Å². The van der Waals surface area contributed by atoms with Crippen molar-refractivity contribution in [1.29, 1.82) is 0 Å². The molecule has 1 aliphatic heterocycles. The van der Waals surface area contributed by atoms with Gasteiger partial charge in [-0.2, -0.15) is 0 Å². The van der Waals surface area contributed by atoms with Crippen molar-refractivity contribution in [2.45, 2.75) is 26.3 Å². The largest absolute Gasteiger partial charge is 0.508 e. The molecule has 19 heavy (non-hydrogen) atoms. The average Bonchev–Trinajstić information content (AvgIpc) is 2.44. The van der Waals surface area contributed by atoms with E-state index in [1.54, 1.807) is 12.1 Å². The van der Waals surface area contributed by atoms with Gasteiger partial charge in [0.2, 0.25) is 0 Å². The Kier molecular flexibility index (Phi) is 5.08. The second-order valence-electron chi connectivity index (χ2n) is 5.32. The Morgan fingerprint density at radius 1 is 1.37 bits per heavy atom. The first-order valence-electron chi connectivity index (χ1n) is 7.06. The normalized spacial score (nSPS) is 20.2. The van der Waals surface area contributed by atoms with E-state index in [9.17, 15) is 5.11 Å². The molecule has 4 heteroatoms. The maximum absolute atomic E-state index is 10.2. The van der Waals surface area contributed by atoms with Gasteiger partial charge in [0, 0.05) is 42.8 Å². The molecule has 0 radical (unpaired) electrons. The van der Waals surface area contributed by atoms with E-state index in [4.69, 9.17) is 11.6 Å². The second kappa shape index (κ2) is 6.60. The quantitative estimate of drug-likeness (QED) is 0.891. The fourth-order valence-corrected chi connectivity index (χ4v) is 2.99. The van der Waals surface area contributed by atoms with Crippen LogP contribution in [0.2, 0.25) is 5.02 Å². The van der Waals surface area contributed by atoms with Gasteiger partial charge in [0.05, 0.1) is 0 Å². The van der Waals surface area contributed by atoms with E-state index in [1.807, 2.05) is 6.07 Å². The number of phenolic OH excluding ortho intramolecular Hbond substituents is 1. The van der Waals surface area contributed by atoms with Gasteiger partial charge in [-0.15, -0.1) is 0 Å². The lowest BCUT2D eigenvalue weighted by atomic mass is 9.90. The molecule has 0 aliphatic carbocycles. The molecule has 0 saturated carbocycles. The fourth-order valence-electron chi connectivity index (χ4n) is 2.81. The van der Waals surface area contributed by atoms with E-state index >= 15 is 0 Å². The van der Waals surface area contributed by atoms with Crippen LogP contribution < -0.4 is 5.32 Å². The number of nitrogens with one attached hydrogen (secondary N) is 1. The predicted molar refractivity (Wildman–Crippen MR) is 79.8 cm³/mol. The molecule has 1 aromatic rings. The van der Waals surface area contributed by atoms with Crippen LogP contribution in [0.25, 0.3) is 0 Å². The maximum Gasteiger partial charge on any atom is 0.120 e. The zero-order valence-electron chi connectivity index (χ0n) is 11.7. The van der Waals surface area contributed by atoms with Crippen molar-refractivity contribution in [3.63, 3.8) is 0 Å². The molecule has 3 nitrogen and oxygen atoms in total. The minimum Gasteiger partial charge on any atom is -0.508 e. The Balaban J connectivity index is 2.33. The highest BCUT2D eigenvalue weighted by molar-refractivity contribution is 6.30. The molecule has 2 N–H and O–H groups in total. The summed E-state index contributed by atoms with van der Waals surface area (Å²) in [5, 5.41) is 14.2. The lowest BCUT2D eigenvalue weighted by Crippen LogP contribution is -2.46. The van der Waals surface area contributed by atoms with E-state index < -0.39 is 0 Å². The lowest BCUT2D eigenvalue weighted by molar-refractivity contribution is 0.126. The molecule has 106 valence electrons. The Morgan fingerprint density at radius 3 is 2.68 bits per heavy atom. The zero-order valence-corrected chi connectivity index (χ0v) is 12.5. The first-order valence-corrected chi connectivity index (χ1v) is 7.44. The van der Waals surface area contributed by atoms with Crippen LogP contribution in [0.4, 0.5) is 0 Å². The van der Waals surface area contributed by atoms with E-state index in [-0.39, 0.29) is 6.04 Å². The molecule has 1 heterocycles. The topological polar surface area (TPSA) is 35.5 Å². The molecule has 0 aromatic heterocycles. The number of hydrogen-bond donors (Lipinski definition) is 2. The third kappa shape index (κ3) is 3.41. The summed E-state index contributed by atoms with van der Waals surface area (Å²) >= 11 is 6.11. The Hall–Kier alpha value is -0.770. The van der Waals surface area contributed by atoms with Crippen LogP contribution >= 0.6 is 11.6 Å². The number of nitrogens with zero attached hydrogens (tertiary/aromatic N) is 1. The molecular weight excluding hydrogens is 260 g/mol. The molecule has 2 atom stereocenters. The molecule has 1 fully saturated rings. The van der Waals surface area contributed by atoms with Gasteiger partial charge in [-0.05, 0) is 24.1 Å². The number of rotatable bonds is 4. The van der Waals surface area contributed by atoms with Gasteiger partial charge in [-0.3, -0.25) is 4.90 Å². The van der Waals surface area contributed by atoms with Crippen molar-refractivity contribution in [3.8, 4) is 5.75 Å². The number of phenols is 1. The van der Waals surface area contributed by atoms with Crippen LogP contribution in [-0.4, -0.2) is 36.2 Å². The highest BCUT2D eigenvalue weighted by Crippen LogP contribution is 2.37. The SMILES string of the molecule is CCC(C)[C@@H](c1cc(Cl)ccc1O)N1CCNCC1. The van der Waals surface area contributed by atoms with Crippen molar-refractivity contribution in [3.05, 3.63) is 28.8 Å². The number of aromatic hydroxyl groups is 1. The second-order valence-corrected chi connectivity index (χ2v) is 5.76. The number of piperazine rings is 1. The summed E-state index contributed by atoms with van der Waals surface area (Å²) in [5.74, 6) is 0.843. The molecule has 0 amide bonds. The minimum atomic E-state index is 0.241. The van der Waals surface area contributed by atoms with Crippen molar-refractivity contribution in [1.82, 2.24) is 10.2 Å². The zero-order chi connectivity index (χ0) is 13.8. The van der Waals surface area contributed by atoms with Gasteiger partial charge in [-0.25, -0.2) is 0 Å². The molecule has 1 aliphatic rings. The fraction of sp³-hybridized carbons (Fsp3) is 0.600. The Morgan fingerprint density at radius 2 is 2.05 bits per heavy atom. The van der Waals surface area contributed by atoms with Crippen molar-refractivity contribution < 1.29 is 5.11 Å². The van der Waals surface area contributed by atoms with Crippen molar-refractivity contribution in [2.24, 2.45) is 5.92 Å². The van der Waals surface area contributed by atoms with Crippen LogP contribution in [0, 0.1) is 5.92 Å². The van der Waals surface area contributed by atoms with Gasteiger partial charge >= 0.3 is 0 Å². The minimum absolute atomic E-state index is 0.241. The average molecular weight is 283 g/mol. The van der Waals surface area contributed by atoms with E-state index in [2.05, 4.69) is 24.1 Å². The highest BCUT2D eigenvalue weighted by atomic mass is 35.5. The van der Waals surface area contributed by atoms with E-state index in [1.165, 1.54) is 0 Å². The molecular formula is C15H23ClN2O. The lowest BCUT2D eigenvalue weighted by Gasteiger charge is -2.38. The molecule has 0 spiro atoms. The van der Waals surface area contributed by atoms with Crippen molar-refractivity contribution >= 4 is 11.6 Å². The standard InChI is InChI=1S/C15H23ClN2O/c1-3-11(2)15(18-8-6-17-7-9-18)13-10-12(16)4-5-14(13)19/h4-5,10-11,15,17,19H,3,6-9H2,1-2H3/t11?,15-/m0/s1. The highest BCUT2D eigenvalue weighted by Gasteiger charge is 2.28. The first-order chi connectivity index (χ1) is 9.13. The third-order valence-corrected chi connectivity index (χ3v) is 4.27. The van der Waals surface area contributed by atoms with Crippen molar-refractivity contribution in [2.75, 3.05) is 26.2 Å². The van der Waals surface area contributed by atoms with Crippen LogP contribution in [0.5, 0.6) is 5.75 Å². The summed E-state index contributed by atoms with van der Waals surface area (Å²) in [6.45, 7) is 8.49. The summed E-state index contributed by atoms with van der Waals surface area (Å²) in [7, 11) is 0. The summed E-state index contributed by atoms with van der Waals surface area (Å²) in [6.07, 6.45) is 1.08. The third-order valence-electron chi connectivity index (χ3n) is 4.04. The number of hydrogen-bond acceptors (Lipinski definition) is 3. The smallest absolute Gasteiger partial charge is 0.120 e. The van der Waals surface area contributed by atoms with Crippen LogP contribution in [0.3, 0.4) is 0 Å². The van der Waals surface area contributed by atoms with Crippen LogP contribution in [0.1, 0.15) is 31.9 Å². The summed E-state index contributed by atoms with van der Waals surface area (Å²) in [4.78, 5) is 2.45. The predicted octanol–water partition coefficient (Wildman–Crippen LogP) is 3.04. The first kappa shape index (κ1) is 14.6. The van der Waals surface area contributed by atoms with Gasteiger partial charge in [0.1, 0.15) is 5.75 Å². The van der Waals surface area contributed by atoms with Gasteiger partial charge < -0.3 is 10.4 Å². The summed E-state index contributed by atoms with van der Waals surface area (Å²) in [6, 6.07) is 5.60. The monoisotopic (exact) mass is 282 g/mol. The van der Waals surface area contributed by atoms with Gasteiger partial charge in [0.25, 0.3) is 0 Å². The maximum atomic E-state index is 10.2. The molecule has 0 bridgehead atoms. The molecule has 2 rings (SSSR count). The molecule has 1 aromatic carbocycles.